The molecule has 0 radical (unpaired) electrons. The van der Waals surface area contributed by atoms with Crippen molar-refractivity contribution in [2.24, 2.45) is 0 Å². The van der Waals surface area contributed by atoms with Crippen LogP contribution in [0.1, 0.15) is 17.5 Å². The van der Waals surface area contributed by atoms with Crippen molar-refractivity contribution in [3.63, 3.8) is 0 Å². The Kier molecular flexibility index (Phi) is 4.87. The van der Waals surface area contributed by atoms with Gasteiger partial charge in [-0.15, -0.1) is 0 Å². The van der Waals surface area contributed by atoms with Gasteiger partial charge in [-0.1, -0.05) is 48.0 Å². The summed E-state index contributed by atoms with van der Waals surface area (Å²) in [6.45, 7) is 0.202. The van der Waals surface area contributed by atoms with Gasteiger partial charge in [-0.2, -0.15) is 0 Å². The van der Waals surface area contributed by atoms with Gasteiger partial charge in [0, 0.05) is 5.02 Å². The van der Waals surface area contributed by atoms with Crippen molar-refractivity contribution in [2.75, 3.05) is 6.79 Å². The van der Waals surface area contributed by atoms with E-state index < -0.39 is 5.97 Å². The maximum absolute atomic E-state index is 10.9. The SMILES string of the molecule is O=C(O)C/C=C(/C=C/c1ccc(Cl)cc1)c1ccc2c(c1)OCO2. The Labute approximate surface area is 144 Å². The molecule has 5 heteroatoms. The highest BCUT2D eigenvalue weighted by Gasteiger charge is 2.14. The summed E-state index contributed by atoms with van der Waals surface area (Å²) >= 11 is 5.88. The van der Waals surface area contributed by atoms with Gasteiger partial charge in [0.1, 0.15) is 0 Å². The minimum absolute atomic E-state index is 0.0608. The fourth-order valence-corrected chi connectivity index (χ4v) is 2.44. The highest BCUT2D eigenvalue weighted by Crippen LogP contribution is 2.35. The predicted molar refractivity (Wildman–Crippen MR) is 93.3 cm³/mol. The number of carboxylic acids is 1. The molecule has 24 heavy (non-hydrogen) atoms. The summed E-state index contributed by atoms with van der Waals surface area (Å²) in [6.07, 6.45) is 5.40. The molecule has 4 nitrogen and oxygen atoms in total. The van der Waals surface area contributed by atoms with Crippen LogP contribution in [0, 0.1) is 0 Å². The van der Waals surface area contributed by atoms with Gasteiger partial charge in [-0.3, -0.25) is 4.79 Å². The van der Waals surface area contributed by atoms with E-state index in [-0.39, 0.29) is 13.2 Å². The zero-order chi connectivity index (χ0) is 16.9. The first-order chi connectivity index (χ1) is 11.6. The van der Waals surface area contributed by atoms with Crippen molar-refractivity contribution in [3.05, 3.63) is 70.8 Å². The maximum Gasteiger partial charge on any atom is 0.307 e. The van der Waals surface area contributed by atoms with Crippen LogP contribution in [0.25, 0.3) is 11.6 Å². The van der Waals surface area contributed by atoms with Crippen LogP contribution in [0.15, 0.2) is 54.6 Å². The van der Waals surface area contributed by atoms with Crippen LogP contribution in [0.3, 0.4) is 0 Å². The first kappa shape index (κ1) is 16.1. The Morgan fingerprint density at radius 2 is 1.88 bits per heavy atom. The quantitative estimate of drug-likeness (QED) is 0.804. The highest BCUT2D eigenvalue weighted by atomic mass is 35.5. The van der Waals surface area contributed by atoms with Crippen molar-refractivity contribution < 1.29 is 19.4 Å². The number of aliphatic carboxylic acids is 1. The maximum atomic E-state index is 10.9. The van der Waals surface area contributed by atoms with E-state index >= 15 is 0 Å². The standard InChI is InChI=1S/C19H15ClO4/c20-16-7-2-13(3-8-16)1-4-14(6-10-19(21)22)15-5-9-17-18(11-15)24-12-23-17/h1-9,11H,10,12H2,(H,21,22)/b4-1+,14-6-. The summed E-state index contributed by atoms with van der Waals surface area (Å²) in [5, 5.41) is 9.62. The highest BCUT2D eigenvalue weighted by molar-refractivity contribution is 6.30. The summed E-state index contributed by atoms with van der Waals surface area (Å²) in [4.78, 5) is 10.9. The number of rotatable bonds is 5. The van der Waals surface area contributed by atoms with E-state index in [1.165, 1.54) is 0 Å². The van der Waals surface area contributed by atoms with Crippen LogP contribution >= 0.6 is 11.6 Å². The van der Waals surface area contributed by atoms with Gasteiger partial charge < -0.3 is 14.6 Å². The van der Waals surface area contributed by atoms with Crippen LogP contribution in [0.5, 0.6) is 11.5 Å². The van der Waals surface area contributed by atoms with E-state index in [1.54, 1.807) is 6.08 Å². The molecule has 0 aromatic heterocycles. The predicted octanol–water partition coefficient (Wildman–Crippen LogP) is 4.64. The third-order valence-corrected chi connectivity index (χ3v) is 3.78. The molecule has 0 saturated heterocycles. The van der Waals surface area contributed by atoms with E-state index in [2.05, 4.69) is 0 Å². The van der Waals surface area contributed by atoms with E-state index in [1.807, 2.05) is 54.6 Å². The fraction of sp³-hybridized carbons (Fsp3) is 0.105. The topological polar surface area (TPSA) is 55.8 Å². The van der Waals surface area contributed by atoms with Gasteiger partial charge in [0.15, 0.2) is 11.5 Å². The summed E-state index contributed by atoms with van der Waals surface area (Å²) in [5.41, 5.74) is 2.64. The van der Waals surface area contributed by atoms with E-state index in [4.69, 9.17) is 26.2 Å². The molecule has 0 fully saturated rings. The van der Waals surface area contributed by atoms with Crippen LogP contribution in [0.2, 0.25) is 5.02 Å². The molecule has 0 spiro atoms. The van der Waals surface area contributed by atoms with Crippen LogP contribution in [-0.4, -0.2) is 17.9 Å². The molecule has 1 N–H and O–H groups in total. The fourth-order valence-electron chi connectivity index (χ4n) is 2.32. The molecular formula is C19H15ClO4. The van der Waals surface area contributed by atoms with Gasteiger partial charge in [0.2, 0.25) is 6.79 Å². The van der Waals surface area contributed by atoms with E-state index in [0.29, 0.717) is 16.5 Å². The molecule has 1 aliphatic rings. The normalized spacial score (nSPS) is 13.5. The molecule has 0 bridgehead atoms. The van der Waals surface area contributed by atoms with Crippen molar-refractivity contribution in [3.8, 4) is 11.5 Å². The number of benzene rings is 2. The van der Waals surface area contributed by atoms with Crippen LogP contribution in [0.4, 0.5) is 0 Å². The zero-order valence-electron chi connectivity index (χ0n) is 12.7. The van der Waals surface area contributed by atoms with E-state index in [0.717, 1.165) is 16.7 Å². The van der Waals surface area contributed by atoms with Crippen molar-refractivity contribution in [2.45, 2.75) is 6.42 Å². The zero-order valence-corrected chi connectivity index (χ0v) is 13.5. The first-order valence-electron chi connectivity index (χ1n) is 7.37. The lowest BCUT2D eigenvalue weighted by Gasteiger charge is -2.05. The number of carbonyl (C=O) groups is 1. The van der Waals surface area contributed by atoms with Crippen LogP contribution < -0.4 is 9.47 Å². The van der Waals surface area contributed by atoms with Gasteiger partial charge in [0.25, 0.3) is 0 Å². The Hall–Kier alpha value is -2.72. The average Bonchev–Trinajstić information content (AvgIpc) is 3.04. The van der Waals surface area contributed by atoms with Crippen LogP contribution in [-0.2, 0) is 4.79 Å². The molecule has 0 atom stereocenters. The molecule has 1 heterocycles. The number of halogens is 1. The molecule has 0 unspecified atom stereocenters. The molecule has 122 valence electrons. The minimum Gasteiger partial charge on any atom is -0.481 e. The Morgan fingerprint density at radius 3 is 2.62 bits per heavy atom. The number of allylic oxidation sites excluding steroid dienone is 2. The first-order valence-corrected chi connectivity index (χ1v) is 7.75. The minimum atomic E-state index is -0.881. The third-order valence-electron chi connectivity index (χ3n) is 3.53. The number of carboxylic acid groups (broad SMARTS) is 1. The number of hydrogen-bond donors (Lipinski definition) is 1. The second-order valence-corrected chi connectivity index (χ2v) is 5.65. The number of hydrogen-bond acceptors (Lipinski definition) is 3. The van der Waals surface area contributed by atoms with Crippen molar-refractivity contribution >= 4 is 29.2 Å². The van der Waals surface area contributed by atoms with Gasteiger partial charge in [-0.25, -0.2) is 0 Å². The Balaban J connectivity index is 1.90. The number of fused-ring (bicyclic) bond motifs is 1. The average molecular weight is 343 g/mol. The largest absolute Gasteiger partial charge is 0.481 e. The lowest BCUT2D eigenvalue weighted by atomic mass is 10.0. The van der Waals surface area contributed by atoms with Gasteiger partial charge in [0.05, 0.1) is 6.42 Å². The lowest BCUT2D eigenvalue weighted by Crippen LogP contribution is -1.93. The summed E-state index contributed by atoms with van der Waals surface area (Å²) in [5.74, 6) is 0.472. The van der Waals surface area contributed by atoms with Crippen molar-refractivity contribution in [1.82, 2.24) is 0 Å². The molecule has 2 aromatic rings. The summed E-state index contributed by atoms with van der Waals surface area (Å²) in [7, 11) is 0. The molecular weight excluding hydrogens is 328 g/mol. The molecule has 2 aromatic carbocycles. The second kappa shape index (κ2) is 7.23. The van der Waals surface area contributed by atoms with Crippen molar-refractivity contribution in [1.29, 1.82) is 0 Å². The molecule has 0 aliphatic carbocycles. The van der Waals surface area contributed by atoms with E-state index in [9.17, 15) is 4.79 Å². The molecule has 1 aliphatic heterocycles. The smallest absolute Gasteiger partial charge is 0.307 e. The number of ether oxygens (including phenoxy) is 2. The Bertz CT molecular complexity index is 807. The molecule has 0 amide bonds. The van der Waals surface area contributed by atoms with Gasteiger partial charge >= 0.3 is 5.97 Å². The van der Waals surface area contributed by atoms with Gasteiger partial charge in [-0.05, 0) is 41.0 Å². The summed E-state index contributed by atoms with van der Waals surface area (Å²) in [6, 6.07) is 13.0. The third kappa shape index (κ3) is 3.97. The molecule has 3 rings (SSSR count). The molecule has 0 saturated carbocycles. The second-order valence-electron chi connectivity index (χ2n) is 5.21. The monoisotopic (exact) mass is 342 g/mol. The Morgan fingerprint density at radius 1 is 1.12 bits per heavy atom. The summed E-state index contributed by atoms with van der Waals surface area (Å²) < 4.78 is 10.7. The lowest BCUT2D eigenvalue weighted by molar-refractivity contribution is -0.135.